The molecule has 0 N–H and O–H groups in total. The largest absolute Gasteiger partial charge is 0.453 e. The number of hydrogen-bond acceptors (Lipinski definition) is 2. The van der Waals surface area contributed by atoms with Crippen molar-refractivity contribution in [3.63, 3.8) is 0 Å². The van der Waals surface area contributed by atoms with E-state index in [1.165, 1.54) is 70.9 Å². The average Bonchev–Trinajstić information content (AvgIpc) is 3.15. The summed E-state index contributed by atoms with van der Waals surface area (Å²) in [5.41, 5.74) is 9.59. The van der Waals surface area contributed by atoms with Crippen LogP contribution in [0.25, 0.3) is 65.3 Å². The molecule has 0 atom stereocenters. The quantitative estimate of drug-likeness (QED) is 0.141. The van der Waals surface area contributed by atoms with E-state index in [4.69, 9.17) is 4.74 Å². The number of ether oxygens (including phenoxy) is 1. The van der Waals surface area contributed by atoms with Crippen LogP contribution in [-0.4, -0.2) is 0 Å². The van der Waals surface area contributed by atoms with Gasteiger partial charge < -0.3 is 9.64 Å². The van der Waals surface area contributed by atoms with Gasteiger partial charge in [0.1, 0.15) is 0 Å². The van der Waals surface area contributed by atoms with Crippen LogP contribution in [0.4, 0.5) is 17.1 Å². The highest BCUT2D eigenvalue weighted by molar-refractivity contribution is 6.35. The molecule has 0 unspecified atom stereocenters. The first-order valence-corrected chi connectivity index (χ1v) is 17.4. The lowest BCUT2D eigenvalue weighted by atomic mass is 9.84. The first kappa shape index (κ1) is 28.9. The van der Waals surface area contributed by atoms with Gasteiger partial charge in [-0.2, -0.15) is 0 Å². The minimum atomic E-state index is 0.122. The molecule has 0 spiro atoms. The Hall–Kier alpha value is -6.12. The lowest BCUT2D eigenvalue weighted by molar-refractivity contribution is 0.477. The van der Waals surface area contributed by atoms with Gasteiger partial charge in [-0.1, -0.05) is 148 Å². The van der Waals surface area contributed by atoms with Crippen LogP contribution in [0.3, 0.4) is 0 Å². The van der Waals surface area contributed by atoms with Crippen molar-refractivity contribution >= 4 is 60.2 Å². The zero-order chi connectivity index (χ0) is 33.6. The number of nitrogens with zero attached hydrogens (tertiary/aromatic N) is 1. The highest BCUT2D eigenvalue weighted by Crippen LogP contribution is 2.53. The molecule has 0 saturated heterocycles. The predicted molar refractivity (Wildman–Crippen MR) is 212 cm³/mol. The van der Waals surface area contributed by atoms with E-state index in [-0.39, 0.29) is 5.41 Å². The number of hydrogen-bond donors (Lipinski definition) is 0. The normalized spacial score (nSPS) is 12.8. The zero-order valence-corrected chi connectivity index (χ0v) is 28.4. The van der Waals surface area contributed by atoms with Crippen molar-refractivity contribution in [1.29, 1.82) is 0 Å². The molecule has 0 amide bonds. The minimum absolute atomic E-state index is 0.122. The number of para-hydroxylation sites is 5. The van der Waals surface area contributed by atoms with Gasteiger partial charge in [-0.15, -0.1) is 0 Å². The van der Waals surface area contributed by atoms with Crippen molar-refractivity contribution in [2.45, 2.75) is 26.2 Å². The van der Waals surface area contributed by atoms with Gasteiger partial charge in [0.15, 0.2) is 11.5 Å². The third-order valence-electron chi connectivity index (χ3n) is 10.6. The molecule has 0 fully saturated rings. The second kappa shape index (κ2) is 10.7. The molecule has 1 aliphatic heterocycles. The maximum Gasteiger partial charge on any atom is 0.151 e. The van der Waals surface area contributed by atoms with E-state index < -0.39 is 0 Å². The van der Waals surface area contributed by atoms with E-state index in [1.807, 2.05) is 24.3 Å². The summed E-state index contributed by atoms with van der Waals surface area (Å²) in [6, 6.07) is 57.5. The van der Waals surface area contributed by atoms with Gasteiger partial charge in [-0.25, -0.2) is 0 Å². The Labute approximate surface area is 292 Å². The molecule has 1 aliphatic rings. The first-order chi connectivity index (χ1) is 24.5. The van der Waals surface area contributed by atoms with E-state index >= 15 is 0 Å². The molecule has 0 saturated carbocycles. The van der Waals surface area contributed by atoms with Gasteiger partial charge in [0, 0.05) is 5.56 Å². The molecule has 1 heterocycles. The Morgan fingerprint density at radius 1 is 0.380 bits per heavy atom. The van der Waals surface area contributed by atoms with Crippen LogP contribution in [0.5, 0.6) is 11.5 Å². The molecule has 2 heteroatoms. The summed E-state index contributed by atoms with van der Waals surface area (Å²) in [5.74, 6) is 1.71. The molecule has 9 aromatic rings. The summed E-state index contributed by atoms with van der Waals surface area (Å²) in [6.07, 6.45) is 0. The fraction of sp³-hybridized carbons (Fsp3) is 0.0833. The Kier molecular flexibility index (Phi) is 6.17. The molecular weight excluding hydrogens is 607 g/mol. The Morgan fingerprint density at radius 3 is 1.46 bits per heavy atom. The van der Waals surface area contributed by atoms with Gasteiger partial charge in [-0.3, -0.25) is 0 Å². The van der Waals surface area contributed by atoms with Crippen LogP contribution >= 0.6 is 0 Å². The second-order valence-corrected chi connectivity index (χ2v) is 14.5. The van der Waals surface area contributed by atoms with Crippen molar-refractivity contribution in [3.8, 4) is 33.8 Å². The predicted octanol–water partition coefficient (Wildman–Crippen LogP) is 13.9. The van der Waals surface area contributed by atoms with E-state index in [0.29, 0.717) is 0 Å². The molecule has 0 aliphatic carbocycles. The van der Waals surface area contributed by atoms with Crippen molar-refractivity contribution in [1.82, 2.24) is 0 Å². The third kappa shape index (κ3) is 4.21. The summed E-state index contributed by atoms with van der Waals surface area (Å²) in [6.45, 7) is 6.81. The molecule has 2 nitrogen and oxygen atoms in total. The lowest BCUT2D eigenvalue weighted by Gasteiger charge is -2.34. The number of fused-ring (bicyclic) bond motifs is 4. The smallest absolute Gasteiger partial charge is 0.151 e. The maximum absolute atomic E-state index is 6.37. The molecule has 0 aromatic heterocycles. The third-order valence-corrected chi connectivity index (χ3v) is 10.6. The van der Waals surface area contributed by atoms with Crippen LogP contribution in [0.1, 0.15) is 26.3 Å². The van der Waals surface area contributed by atoms with Crippen LogP contribution in [0.2, 0.25) is 0 Å². The number of rotatable bonds is 3. The molecule has 0 radical (unpaired) electrons. The highest BCUT2D eigenvalue weighted by Gasteiger charge is 2.28. The van der Waals surface area contributed by atoms with Crippen LogP contribution < -0.4 is 9.64 Å². The Bertz CT molecular complexity index is 2700. The van der Waals surface area contributed by atoms with E-state index in [1.54, 1.807) is 0 Å². The Morgan fingerprint density at radius 2 is 0.860 bits per heavy atom. The summed E-state index contributed by atoms with van der Waals surface area (Å²) in [4.78, 5) is 2.35. The Balaban J connectivity index is 1.20. The van der Waals surface area contributed by atoms with Crippen LogP contribution in [-0.2, 0) is 5.41 Å². The van der Waals surface area contributed by atoms with E-state index in [9.17, 15) is 0 Å². The van der Waals surface area contributed by atoms with Crippen molar-refractivity contribution < 1.29 is 4.74 Å². The topological polar surface area (TPSA) is 12.5 Å². The van der Waals surface area contributed by atoms with Gasteiger partial charge in [0.2, 0.25) is 0 Å². The fourth-order valence-electron chi connectivity index (χ4n) is 8.21. The molecule has 9 aromatic carbocycles. The first-order valence-electron chi connectivity index (χ1n) is 17.4. The molecule has 50 heavy (non-hydrogen) atoms. The standard InChI is InChI=1S/C48H35NO/c1-48(2,3)31-24-22-30(23-25-31)32-26-28-39-40-29-27-33(36-14-11-16-38(47(36)40)37-15-10-13-35(32)46(37)39)34-12-4-5-17-41(34)49-42-18-6-8-20-44(42)50-45-21-9-7-19-43(45)49/h4-29H,1-3H3. The van der Waals surface area contributed by atoms with E-state index in [0.717, 1.165) is 28.6 Å². The summed E-state index contributed by atoms with van der Waals surface area (Å²) in [7, 11) is 0. The van der Waals surface area contributed by atoms with Crippen molar-refractivity contribution in [2.75, 3.05) is 4.90 Å². The van der Waals surface area contributed by atoms with Crippen molar-refractivity contribution in [3.05, 3.63) is 163 Å². The highest BCUT2D eigenvalue weighted by atomic mass is 16.5. The summed E-state index contributed by atoms with van der Waals surface area (Å²) >= 11 is 0. The number of benzene rings is 9. The summed E-state index contributed by atoms with van der Waals surface area (Å²) in [5, 5.41) is 10.4. The second-order valence-electron chi connectivity index (χ2n) is 14.5. The van der Waals surface area contributed by atoms with Gasteiger partial charge in [-0.05, 0) is 101 Å². The molecule has 10 rings (SSSR count). The molecular formula is C48H35NO. The maximum atomic E-state index is 6.37. The monoisotopic (exact) mass is 641 g/mol. The van der Waals surface area contributed by atoms with Gasteiger partial charge in [0.05, 0.1) is 17.1 Å². The minimum Gasteiger partial charge on any atom is -0.453 e. The lowest BCUT2D eigenvalue weighted by Crippen LogP contribution is -2.16. The molecule has 0 bridgehead atoms. The van der Waals surface area contributed by atoms with Crippen LogP contribution in [0.15, 0.2) is 158 Å². The van der Waals surface area contributed by atoms with Crippen molar-refractivity contribution in [2.24, 2.45) is 0 Å². The SMILES string of the molecule is CC(C)(C)c1ccc(-c2ccc3c4ccc(-c5ccccc5N5c6ccccc6Oc6ccccc65)c5cccc(c6cccc2c63)c54)cc1. The van der Waals surface area contributed by atoms with Gasteiger partial charge >= 0.3 is 0 Å². The van der Waals surface area contributed by atoms with Gasteiger partial charge in [0.25, 0.3) is 0 Å². The average molecular weight is 642 g/mol. The van der Waals surface area contributed by atoms with E-state index in [2.05, 4.69) is 159 Å². The fourth-order valence-corrected chi connectivity index (χ4v) is 8.21. The van der Waals surface area contributed by atoms with Crippen LogP contribution in [0, 0.1) is 0 Å². The number of anilines is 3. The summed E-state index contributed by atoms with van der Waals surface area (Å²) < 4.78 is 6.37. The molecule has 238 valence electrons. The zero-order valence-electron chi connectivity index (χ0n) is 28.4.